The third-order valence-corrected chi connectivity index (χ3v) is 4.15. The molecule has 1 saturated carbocycles. The van der Waals surface area contributed by atoms with Crippen LogP contribution in [-0.2, 0) is 0 Å². The van der Waals surface area contributed by atoms with E-state index in [1.807, 2.05) is 0 Å². The van der Waals surface area contributed by atoms with Gasteiger partial charge in [0.15, 0.2) is 0 Å². The van der Waals surface area contributed by atoms with Crippen LogP contribution >= 0.6 is 0 Å². The summed E-state index contributed by atoms with van der Waals surface area (Å²) >= 11 is 0. The summed E-state index contributed by atoms with van der Waals surface area (Å²) in [7, 11) is 0. The van der Waals surface area contributed by atoms with Crippen LogP contribution in [0.15, 0.2) is 0 Å². The second-order valence-electron chi connectivity index (χ2n) is 6.00. The highest BCUT2D eigenvalue weighted by Gasteiger charge is 2.28. The molecule has 0 heterocycles. The molecule has 1 aliphatic carbocycles. The van der Waals surface area contributed by atoms with Crippen molar-refractivity contribution in [2.45, 2.75) is 72.4 Å². The maximum absolute atomic E-state index is 3.85. The zero-order valence-corrected chi connectivity index (χ0v) is 11.2. The van der Waals surface area contributed by atoms with Gasteiger partial charge in [0.05, 0.1) is 0 Å². The van der Waals surface area contributed by atoms with Crippen LogP contribution in [0.4, 0.5) is 0 Å². The standard InChI is InChI=1S/C14H29N/c1-10(2)12(5)15-14-9-7-6-8-13(14)11(3)4/h10-15H,6-9H2,1-5H3. The van der Waals surface area contributed by atoms with E-state index in [1.165, 1.54) is 25.7 Å². The van der Waals surface area contributed by atoms with Crippen LogP contribution in [0.3, 0.4) is 0 Å². The normalized spacial score (nSPS) is 29.8. The number of nitrogens with one attached hydrogen (secondary N) is 1. The zero-order chi connectivity index (χ0) is 11.4. The van der Waals surface area contributed by atoms with Crippen LogP contribution in [-0.4, -0.2) is 12.1 Å². The van der Waals surface area contributed by atoms with E-state index in [0.29, 0.717) is 6.04 Å². The molecule has 1 fully saturated rings. The Hall–Kier alpha value is -0.0400. The lowest BCUT2D eigenvalue weighted by atomic mass is 9.77. The largest absolute Gasteiger partial charge is 0.311 e. The minimum atomic E-state index is 0.661. The second kappa shape index (κ2) is 5.89. The van der Waals surface area contributed by atoms with Gasteiger partial charge < -0.3 is 5.32 Å². The third kappa shape index (κ3) is 3.79. The summed E-state index contributed by atoms with van der Waals surface area (Å²) in [5, 5.41) is 3.85. The molecule has 90 valence electrons. The lowest BCUT2D eigenvalue weighted by Crippen LogP contribution is -2.46. The van der Waals surface area contributed by atoms with Gasteiger partial charge in [0.25, 0.3) is 0 Å². The molecule has 0 aromatic rings. The van der Waals surface area contributed by atoms with Crippen LogP contribution < -0.4 is 5.32 Å². The number of hydrogen-bond acceptors (Lipinski definition) is 1. The van der Waals surface area contributed by atoms with Gasteiger partial charge in [-0.2, -0.15) is 0 Å². The predicted octanol–water partition coefficient (Wildman–Crippen LogP) is 3.84. The van der Waals surface area contributed by atoms with E-state index in [2.05, 4.69) is 39.9 Å². The molecule has 1 rings (SSSR count). The first-order chi connectivity index (χ1) is 7.02. The van der Waals surface area contributed by atoms with Crippen molar-refractivity contribution in [2.75, 3.05) is 0 Å². The highest BCUT2D eigenvalue weighted by Crippen LogP contribution is 2.30. The van der Waals surface area contributed by atoms with Gasteiger partial charge in [0.2, 0.25) is 0 Å². The molecule has 0 saturated heterocycles. The first-order valence-electron chi connectivity index (χ1n) is 6.78. The van der Waals surface area contributed by atoms with Crippen LogP contribution in [0.2, 0.25) is 0 Å². The maximum atomic E-state index is 3.85. The Labute approximate surface area is 96.0 Å². The van der Waals surface area contributed by atoms with Crippen molar-refractivity contribution >= 4 is 0 Å². The van der Waals surface area contributed by atoms with E-state index in [4.69, 9.17) is 0 Å². The van der Waals surface area contributed by atoms with Crippen molar-refractivity contribution in [1.29, 1.82) is 0 Å². The van der Waals surface area contributed by atoms with Crippen molar-refractivity contribution in [2.24, 2.45) is 17.8 Å². The van der Waals surface area contributed by atoms with Crippen molar-refractivity contribution in [3.8, 4) is 0 Å². The van der Waals surface area contributed by atoms with Crippen LogP contribution in [0, 0.1) is 17.8 Å². The Morgan fingerprint density at radius 1 is 0.933 bits per heavy atom. The molecule has 1 heteroatoms. The molecule has 1 nitrogen and oxygen atoms in total. The molecular formula is C14H29N. The van der Waals surface area contributed by atoms with Gasteiger partial charge in [-0.05, 0) is 37.5 Å². The van der Waals surface area contributed by atoms with Gasteiger partial charge in [-0.1, -0.05) is 40.5 Å². The van der Waals surface area contributed by atoms with Gasteiger partial charge in [0, 0.05) is 12.1 Å². The van der Waals surface area contributed by atoms with Crippen LogP contribution in [0.25, 0.3) is 0 Å². The Bertz CT molecular complexity index is 174. The Balaban J connectivity index is 2.49. The third-order valence-electron chi connectivity index (χ3n) is 4.15. The van der Waals surface area contributed by atoms with Gasteiger partial charge in [-0.25, -0.2) is 0 Å². The van der Waals surface area contributed by atoms with E-state index in [9.17, 15) is 0 Å². The summed E-state index contributed by atoms with van der Waals surface area (Å²) in [6.45, 7) is 11.7. The van der Waals surface area contributed by atoms with E-state index < -0.39 is 0 Å². The first-order valence-corrected chi connectivity index (χ1v) is 6.78. The smallest absolute Gasteiger partial charge is 0.0100 e. The lowest BCUT2D eigenvalue weighted by molar-refractivity contribution is 0.184. The van der Waals surface area contributed by atoms with E-state index in [1.54, 1.807) is 0 Å². The number of rotatable bonds is 4. The molecule has 15 heavy (non-hydrogen) atoms. The molecule has 0 radical (unpaired) electrons. The average Bonchev–Trinajstić information content (AvgIpc) is 2.18. The monoisotopic (exact) mass is 211 g/mol. The fraction of sp³-hybridized carbons (Fsp3) is 1.00. The Morgan fingerprint density at radius 2 is 1.53 bits per heavy atom. The van der Waals surface area contributed by atoms with Crippen molar-refractivity contribution in [3.63, 3.8) is 0 Å². The molecule has 0 aromatic heterocycles. The molecule has 0 spiro atoms. The van der Waals surface area contributed by atoms with Crippen molar-refractivity contribution in [3.05, 3.63) is 0 Å². The SMILES string of the molecule is CC(C)C(C)NC1CCCCC1C(C)C. The van der Waals surface area contributed by atoms with E-state index in [0.717, 1.165) is 23.8 Å². The molecule has 3 atom stereocenters. The molecule has 0 aromatic carbocycles. The lowest BCUT2D eigenvalue weighted by Gasteiger charge is -2.37. The maximum Gasteiger partial charge on any atom is 0.0100 e. The predicted molar refractivity (Wildman–Crippen MR) is 68.0 cm³/mol. The fourth-order valence-corrected chi connectivity index (χ4v) is 2.69. The molecular weight excluding hydrogens is 182 g/mol. The van der Waals surface area contributed by atoms with Crippen LogP contribution in [0.5, 0.6) is 0 Å². The summed E-state index contributed by atoms with van der Waals surface area (Å²) in [5.41, 5.74) is 0. The summed E-state index contributed by atoms with van der Waals surface area (Å²) < 4.78 is 0. The highest BCUT2D eigenvalue weighted by atomic mass is 15.0. The molecule has 1 aliphatic rings. The number of hydrogen-bond donors (Lipinski definition) is 1. The highest BCUT2D eigenvalue weighted by molar-refractivity contribution is 4.85. The topological polar surface area (TPSA) is 12.0 Å². The summed E-state index contributed by atoms with van der Waals surface area (Å²) in [6.07, 6.45) is 5.68. The van der Waals surface area contributed by atoms with E-state index in [-0.39, 0.29) is 0 Å². The van der Waals surface area contributed by atoms with Gasteiger partial charge in [-0.3, -0.25) is 0 Å². The molecule has 3 unspecified atom stereocenters. The summed E-state index contributed by atoms with van der Waals surface area (Å²) in [4.78, 5) is 0. The molecule has 0 amide bonds. The average molecular weight is 211 g/mol. The summed E-state index contributed by atoms with van der Waals surface area (Å²) in [5.74, 6) is 2.49. The van der Waals surface area contributed by atoms with Gasteiger partial charge in [0.1, 0.15) is 0 Å². The first kappa shape index (κ1) is 13.0. The van der Waals surface area contributed by atoms with Gasteiger partial charge >= 0.3 is 0 Å². The Morgan fingerprint density at radius 3 is 2.07 bits per heavy atom. The van der Waals surface area contributed by atoms with Crippen molar-refractivity contribution in [1.82, 2.24) is 5.32 Å². The Kier molecular flexibility index (Phi) is 5.11. The fourth-order valence-electron chi connectivity index (χ4n) is 2.69. The summed E-state index contributed by atoms with van der Waals surface area (Å²) in [6, 6.07) is 1.44. The van der Waals surface area contributed by atoms with Gasteiger partial charge in [-0.15, -0.1) is 0 Å². The minimum Gasteiger partial charge on any atom is -0.311 e. The molecule has 0 aliphatic heterocycles. The quantitative estimate of drug-likeness (QED) is 0.745. The molecule has 0 bridgehead atoms. The minimum absolute atomic E-state index is 0.661. The van der Waals surface area contributed by atoms with E-state index >= 15 is 0 Å². The second-order valence-corrected chi connectivity index (χ2v) is 6.00. The molecule has 1 N–H and O–H groups in total. The van der Waals surface area contributed by atoms with Crippen LogP contribution in [0.1, 0.15) is 60.3 Å². The zero-order valence-electron chi connectivity index (χ0n) is 11.2. The van der Waals surface area contributed by atoms with Crippen molar-refractivity contribution < 1.29 is 0 Å².